The maximum atomic E-state index is 6.26. The van der Waals surface area contributed by atoms with E-state index in [1.165, 1.54) is 41.3 Å². The highest BCUT2D eigenvalue weighted by molar-refractivity contribution is 7.11. The van der Waals surface area contributed by atoms with Crippen molar-refractivity contribution >= 4 is 11.3 Å². The predicted octanol–water partition coefficient (Wildman–Crippen LogP) is 4.54. The van der Waals surface area contributed by atoms with Crippen molar-refractivity contribution in [1.82, 2.24) is 10.3 Å². The Morgan fingerprint density at radius 1 is 1.24 bits per heavy atom. The Labute approximate surface area is 133 Å². The van der Waals surface area contributed by atoms with Crippen molar-refractivity contribution < 1.29 is 4.74 Å². The SMILES string of the molecule is CCOC1(c2nc(C)c(CNC(C)C)s2)CCCCCC1. The molecule has 120 valence electrons. The summed E-state index contributed by atoms with van der Waals surface area (Å²) < 4.78 is 6.26. The highest BCUT2D eigenvalue weighted by atomic mass is 32.1. The van der Waals surface area contributed by atoms with Crippen LogP contribution in [0.15, 0.2) is 0 Å². The number of thiazole rings is 1. The molecule has 1 aromatic rings. The fraction of sp³-hybridized carbons (Fsp3) is 0.824. The summed E-state index contributed by atoms with van der Waals surface area (Å²) in [4.78, 5) is 6.26. The summed E-state index contributed by atoms with van der Waals surface area (Å²) in [6.45, 7) is 10.3. The first-order chi connectivity index (χ1) is 10.1. The third-order valence-electron chi connectivity index (χ3n) is 4.29. The summed E-state index contributed by atoms with van der Waals surface area (Å²) in [5, 5.41) is 4.72. The number of rotatable bonds is 6. The van der Waals surface area contributed by atoms with Crippen LogP contribution in [0.3, 0.4) is 0 Å². The van der Waals surface area contributed by atoms with E-state index in [0.29, 0.717) is 6.04 Å². The molecule has 1 fully saturated rings. The number of hydrogen-bond donors (Lipinski definition) is 1. The van der Waals surface area contributed by atoms with Crippen molar-refractivity contribution in [3.05, 3.63) is 15.6 Å². The van der Waals surface area contributed by atoms with Crippen molar-refractivity contribution in [3.63, 3.8) is 0 Å². The van der Waals surface area contributed by atoms with Gasteiger partial charge in [-0.05, 0) is 26.7 Å². The molecule has 0 atom stereocenters. The van der Waals surface area contributed by atoms with Gasteiger partial charge in [-0.2, -0.15) is 0 Å². The lowest BCUT2D eigenvalue weighted by Crippen LogP contribution is -2.29. The third-order valence-corrected chi connectivity index (χ3v) is 5.63. The van der Waals surface area contributed by atoms with E-state index in [2.05, 4.69) is 33.0 Å². The molecule has 0 aromatic carbocycles. The highest BCUT2D eigenvalue weighted by Gasteiger charge is 2.36. The third kappa shape index (κ3) is 4.27. The monoisotopic (exact) mass is 310 g/mol. The van der Waals surface area contributed by atoms with Crippen LogP contribution in [-0.2, 0) is 16.9 Å². The minimum Gasteiger partial charge on any atom is -0.368 e. The van der Waals surface area contributed by atoms with Gasteiger partial charge in [0.05, 0.1) is 5.69 Å². The fourth-order valence-electron chi connectivity index (χ4n) is 3.08. The van der Waals surface area contributed by atoms with E-state index in [1.54, 1.807) is 0 Å². The molecule has 1 aliphatic carbocycles. The molecule has 3 nitrogen and oxygen atoms in total. The van der Waals surface area contributed by atoms with Gasteiger partial charge >= 0.3 is 0 Å². The lowest BCUT2D eigenvalue weighted by atomic mass is 9.95. The Hall–Kier alpha value is -0.450. The van der Waals surface area contributed by atoms with Crippen molar-refractivity contribution in [1.29, 1.82) is 0 Å². The van der Waals surface area contributed by atoms with Gasteiger partial charge in [-0.1, -0.05) is 39.5 Å². The Morgan fingerprint density at radius 2 is 1.90 bits per heavy atom. The molecule has 1 N–H and O–H groups in total. The van der Waals surface area contributed by atoms with Gasteiger partial charge in [0.2, 0.25) is 0 Å². The number of aromatic nitrogens is 1. The molecule has 2 rings (SSSR count). The van der Waals surface area contributed by atoms with Gasteiger partial charge < -0.3 is 10.1 Å². The Kier molecular flexibility index (Phi) is 6.20. The average molecular weight is 311 g/mol. The first kappa shape index (κ1) is 16.9. The van der Waals surface area contributed by atoms with Gasteiger partial charge in [0.15, 0.2) is 0 Å². The molecule has 0 saturated heterocycles. The lowest BCUT2D eigenvalue weighted by Gasteiger charge is -2.30. The van der Waals surface area contributed by atoms with E-state index in [-0.39, 0.29) is 5.60 Å². The summed E-state index contributed by atoms with van der Waals surface area (Å²) >= 11 is 1.86. The second-order valence-corrected chi connectivity index (χ2v) is 7.49. The molecule has 21 heavy (non-hydrogen) atoms. The molecule has 1 heterocycles. The number of aryl methyl sites for hydroxylation is 1. The molecular weight excluding hydrogens is 280 g/mol. The van der Waals surface area contributed by atoms with Crippen molar-refractivity contribution in [2.75, 3.05) is 6.61 Å². The zero-order valence-electron chi connectivity index (χ0n) is 14.0. The number of hydrogen-bond acceptors (Lipinski definition) is 4. The number of nitrogens with zero attached hydrogens (tertiary/aromatic N) is 1. The normalized spacial score (nSPS) is 18.9. The van der Waals surface area contributed by atoms with Crippen LogP contribution in [0, 0.1) is 6.92 Å². The highest BCUT2D eigenvalue weighted by Crippen LogP contribution is 2.41. The molecule has 0 unspecified atom stereocenters. The molecule has 1 aromatic heterocycles. The number of ether oxygens (including phenoxy) is 1. The smallest absolute Gasteiger partial charge is 0.125 e. The van der Waals surface area contributed by atoms with Crippen LogP contribution in [0.25, 0.3) is 0 Å². The summed E-state index contributed by atoms with van der Waals surface area (Å²) in [5.41, 5.74) is 1.06. The van der Waals surface area contributed by atoms with Crippen LogP contribution in [0.2, 0.25) is 0 Å². The van der Waals surface area contributed by atoms with Crippen LogP contribution in [-0.4, -0.2) is 17.6 Å². The lowest BCUT2D eigenvalue weighted by molar-refractivity contribution is -0.0560. The molecule has 4 heteroatoms. The van der Waals surface area contributed by atoms with Gasteiger partial charge in [0, 0.05) is 24.1 Å². The zero-order chi connectivity index (χ0) is 15.3. The molecular formula is C17H30N2OS. The quantitative estimate of drug-likeness (QED) is 0.784. The van der Waals surface area contributed by atoms with Gasteiger partial charge in [-0.15, -0.1) is 11.3 Å². The Bertz CT molecular complexity index is 434. The second kappa shape index (κ2) is 7.70. The minimum absolute atomic E-state index is 0.114. The topological polar surface area (TPSA) is 34.1 Å². The summed E-state index contributed by atoms with van der Waals surface area (Å²) in [6.07, 6.45) is 7.45. The van der Waals surface area contributed by atoms with Crippen LogP contribution in [0.4, 0.5) is 0 Å². The molecule has 0 bridgehead atoms. The van der Waals surface area contributed by atoms with E-state index in [0.717, 1.165) is 26.0 Å². The van der Waals surface area contributed by atoms with Crippen LogP contribution >= 0.6 is 11.3 Å². The average Bonchev–Trinajstić information content (AvgIpc) is 2.66. The molecule has 0 spiro atoms. The number of nitrogens with one attached hydrogen (secondary N) is 1. The van der Waals surface area contributed by atoms with Crippen LogP contribution in [0.5, 0.6) is 0 Å². The largest absolute Gasteiger partial charge is 0.368 e. The standard InChI is InChI=1S/C17H30N2OS/c1-5-20-17(10-8-6-7-9-11-17)16-19-14(4)15(21-16)12-18-13(2)3/h13,18H,5-12H2,1-4H3. The van der Waals surface area contributed by atoms with Gasteiger partial charge in [0.25, 0.3) is 0 Å². The van der Waals surface area contributed by atoms with Crippen molar-refractivity contribution in [2.24, 2.45) is 0 Å². The van der Waals surface area contributed by atoms with E-state index in [9.17, 15) is 0 Å². The molecule has 1 aliphatic rings. The van der Waals surface area contributed by atoms with Gasteiger partial charge in [0.1, 0.15) is 10.6 Å². The van der Waals surface area contributed by atoms with E-state index >= 15 is 0 Å². The minimum atomic E-state index is -0.114. The summed E-state index contributed by atoms with van der Waals surface area (Å²) in [6, 6.07) is 0.508. The first-order valence-corrected chi connectivity index (χ1v) is 9.23. The Balaban J connectivity index is 2.21. The summed E-state index contributed by atoms with van der Waals surface area (Å²) in [5.74, 6) is 0. The Morgan fingerprint density at radius 3 is 2.48 bits per heavy atom. The van der Waals surface area contributed by atoms with Crippen LogP contribution in [0.1, 0.15) is 74.9 Å². The van der Waals surface area contributed by atoms with Gasteiger partial charge in [-0.25, -0.2) is 4.98 Å². The predicted molar refractivity (Wildman–Crippen MR) is 89.8 cm³/mol. The fourth-order valence-corrected chi connectivity index (χ4v) is 4.29. The van der Waals surface area contributed by atoms with Crippen molar-refractivity contribution in [3.8, 4) is 0 Å². The second-order valence-electron chi connectivity index (χ2n) is 6.40. The first-order valence-electron chi connectivity index (χ1n) is 8.41. The van der Waals surface area contributed by atoms with E-state index in [1.807, 2.05) is 11.3 Å². The summed E-state index contributed by atoms with van der Waals surface area (Å²) in [7, 11) is 0. The van der Waals surface area contributed by atoms with E-state index in [4.69, 9.17) is 9.72 Å². The molecule has 0 aliphatic heterocycles. The van der Waals surface area contributed by atoms with Gasteiger partial charge in [-0.3, -0.25) is 0 Å². The maximum absolute atomic E-state index is 6.26. The molecule has 1 saturated carbocycles. The maximum Gasteiger partial charge on any atom is 0.125 e. The van der Waals surface area contributed by atoms with Crippen molar-refractivity contribution in [2.45, 2.75) is 84.4 Å². The molecule has 0 radical (unpaired) electrons. The molecule has 0 amide bonds. The van der Waals surface area contributed by atoms with Crippen LogP contribution < -0.4 is 5.32 Å². The van der Waals surface area contributed by atoms with E-state index < -0.39 is 0 Å². The zero-order valence-corrected chi connectivity index (χ0v) is 14.8.